The van der Waals surface area contributed by atoms with E-state index in [-0.39, 0.29) is 29.6 Å². The van der Waals surface area contributed by atoms with Crippen molar-refractivity contribution in [3.05, 3.63) is 79.9 Å². The summed E-state index contributed by atoms with van der Waals surface area (Å²) in [7, 11) is 0. The molecule has 0 spiro atoms. The molecule has 174 valence electrons. The van der Waals surface area contributed by atoms with Gasteiger partial charge in [-0.05, 0) is 42.7 Å². The average Bonchev–Trinajstić information content (AvgIpc) is 3.51. The normalized spacial score (nSPS) is 24.9. The second-order valence-electron chi connectivity index (χ2n) is 8.93. The van der Waals surface area contributed by atoms with Gasteiger partial charge in [-0.3, -0.25) is 34.6 Å². The van der Waals surface area contributed by atoms with Crippen LogP contribution < -0.4 is 0 Å². The lowest BCUT2D eigenvalue weighted by molar-refractivity contribution is -0.385. The molecule has 4 atom stereocenters. The highest BCUT2D eigenvalue weighted by Crippen LogP contribution is 2.56. The third-order valence-corrected chi connectivity index (χ3v) is 7.19. The van der Waals surface area contributed by atoms with Crippen LogP contribution >= 0.6 is 0 Å². The van der Waals surface area contributed by atoms with Crippen molar-refractivity contribution in [1.82, 2.24) is 10.0 Å². The van der Waals surface area contributed by atoms with Gasteiger partial charge in [-0.15, -0.1) is 0 Å². The van der Waals surface area contributed by atoms with E-state index in [0.29, 0.717) is 5.56 Å². The first-order valence-electron chi connectivity index (χ1n) is 10.9. The Labute approximate surface area is 193 Å². The molecule has 2 saturated carbocycles. The van der Waals surface area contributed by atoms with E-state index in [1.54, 1.807) is 0 Å². The standard InChI is InChI=1S/C23H20N4O7/c28-21(17-3-1-2-4-18(17)27(33)34)24(12-13-5-9-16(10-6-13)26(31)32)25-22(29)19-14-7-8-15(11-14)20(19)23(25)30/h1-6,9-10,14-15,19-20H,7-8,11-12H2/t14-,15-,19-,20+/m0/s1. The van der Waals surface area contributed by atoms with Crippen LogP contribution in [-0.4, -0.2) is 37.6 Å². The van der Waals surface area contributed by atoms with Gasteiger partial charge in [-0.1, -0.05) is 24.3 Å². The number of hydrogen-bond acceptors (Lipinski definition) is 7. The second-order valence-corrected chi connectivity index (χ2v) is 8.93. The predicted molar refractivity (Wildman–Crippen MR) is 116 cm³/mol. The Morgan fingerprint density at radius 1 is 0.912 bits per heavy atom. The number of nitrogens with zero attached hydrogens (tertiary/aromatic N) is 4. The summed E-state index contributed by atoms with van der Waals surface area (Å²) in [6.45, 7) is -0.255. The third kappa shape index (κ3) is 3.31. The van der Waals surface area contributed by atoms with Crippen LogP contribution in [0.4, 0.5) is 11.4 Å². The van der Waals surface area contributed by atoms with Gasteiger partial charge in [0, 0.05) is 18.2 Å². The molecule has 0 aromatic heterocycles. The molecule has 2 aliphatic carbocycles. The minimum absolute atomic E-state index is 0.0961. The zero-order valence-electron chi connectivity index (χ0n) is 17.9. The van der Waals surface area contributed by atoms with Crippen molar-refractivity contribution in [2.75, 3.05) is 0 Å². The fourth-order valence-corrected chi connectivity index (χ4v) is 5.71. The Balaban J connectivity index is 1.54. The molecular weight excluding hydrogens is 444 g/mol. The first kappa shape index (κ1) is 21.7. The maximum absolute atomic E-state index is 13.6. The molecule has 2 bridgehead atoms. The Morgan fingerprint density at radius 3 is 2.06 bits per heavy atom. The maximum Gasteiger partial charge on any atom is 0.282 e. The van der Waals surface area contributed by atoms with Gasteiger partial charge in [-0.25, -0.2) is 5.01 Å². The zero-order chi connectivity index (χ0) is 24.1. The van der Waals surface area contributed by atoms with Gasteiger partial charge in [0.25, 0.3) is 29.1 Å². The number of benzene rings is 2. The molecule has 11 nitrogen and oxygen atoms in total. The number of non-ortho nitro benzene ring substituents is 1. The number of carbonyl (C=O) groups is 3. The van der Waals surface area contributed by atoms with E-state index in [0.717, 1.165) is 29.3 Å². The lowest BCUT2D eigenvalue weighted by atomic mass is 9.81. The summed E-state index contributed by atoms with van der Waals surface area (Å²) in [5.74, 6) is -2.56. The zero-order valence-corrected chi connectivity index (χ0v) is 17.9. The molecule has 3 aliphatic rings. The number of hydrogen-bond donors (Lipinski definition) is 0. The molecule has 5 rings (SSSR count). The summed E-state index contributed by atoms with van der Waals surface area (Å²) in [4.78, 5) is 61.7. The van der Waals surface area contributed by atoms with Crippen LogP contribution in [0, 0.1) is 43.9 Å². The molecule has 1 aliphatic heterocycles. The van der Waals surface area contributed by atoms with Crippen LogP contribution in [0.5, 0.6) is 0 Å². The lowest BCUT2D eigenvalue weighted by Crippen LogP contribution is -2.50. The average molecular weight is 464 g/mol. The number of amides is 3. The van der Waals surface area contributed by atoms with E-state index in [1.165, 1.54) is 48.5 Å². The van der Waals surface area contributed by atoms with Crippen molar-refractivity contribution in [3.8, 4) is 0 Å². The Kier molecular flexibility index (Phi) is 5.11. The number of fused-ring (bicyclic) bond motifs is 5. The molecule has 0 radical (unpaired) electrons. The quantitative estimate of drug-likeness (QED) is 0.363. The maximum atomic E-state index is 13.6. The topological polar surface area (TPSA) is 144 Å². The van der Waals surface area contributed by atoms with Crippen LogP contribution in [0.25, 0.3) is 0 Å². The summed E-state index contributed by atoms with van der Waals surface area (Å²) in [6.07, 6.45) is 2.54. The fourth-order valence-electron chi connectivity index (χ4n) is 5.71. The number of nitro benzene ring substituents is 2. The van der Waals surface area contributed by atoms with E-state index in [9.17, 15) is 34.6 Å². The molecule has 1 heterocycles. The summed E-state index contributed by atoms with van der Waals surface area (Å²) in [5.41, 5.74) is -0.423. The molecule has 3 amide bonds. The Bertz CT molecular complexity index is 1200. The number of hydrazine groups is 1. The van der Waals surface area contributed by atoms with Crippen molar-refractivity contribution in [3.63, 3.8) is 0 Å². The first-order chi connectivity index (χ1) is 16.3. The predicted octanol–water partition coefficient (Wildman–Crippen LogP) is 3.09. The van der Waals surface area contributed by atoms with Crippen LogP contribution in [-0.2, 0) is 16.1 Å². The van der Waals surface area contributed by atoms with E-state index in [4.69, 9.17) is 0 Å². The van der Waals surface area contributed by atoms with E-state index in [1.807, 2.05) is 0 Å². The number of rotatable bonds is 6. The highest BCUT2D eigenvalue weighted by atomic mass is 16.6. The minimum atomic E-state index is -0.861. The highest BCUT2D eigenvalue weighted by Gasteiger charge is 2.62. The largest absolute Gasteiger partial charge is 0.282 e. The molecule has 2 aromatic rings. The molecule has 1 saturated heterocycles. The van der Waals surface area contributed by atoms with Crippen LogP contribution in [0.15, 0.2) is 48.5 Å². The smallest absolute Gasteiger partial charge is 0.272 e. The number of imide groups is 1. The third-order valence-electron chi connectivity index (χ3n) is 7.19. The number of para-hydroxylation sites is 1. The lowest BCUT2D eigenvalue weighted by Gasteiger charge is -2.31. The van der Waals surface area contributed by atoms with E-state index < -0.39 is 45.1 Å². The molecule has 34 heavy (non-hydrogen) atoms. The first-order valence-corrected chi connectivity index (χ1v) is 10.9. The van der Waals surface area contributed by atoms with Crippen molar-refractivity contribution >= 4 is 29.1 Å². The molecule has 11 heteroatoms. The van der Waals surface area contributed by atoms with Crippen LogP contribution in [0.3, 0.4) is 0 Å². The number of nitro groups is 2. The Hall–Kier alpha value is -4.15. The second kappa shape index (κ2) is 8.01. The van der Waals surface area contributed by atoms with Gasteiger partial charge in [0.05, 0.1) is 28.2 Å². The molecule has 3 fully saturated rings. The summed E-state index contributed by atoms with van der Waals surface area (Å²) in [5, 5.41) is 24.3. The van der Waals surface area contributed by atoms with Crippen LogP contribution in [0.2, 0.25) is 0 Å². The van der Waals surface area contributed by atoms with E-state index in [2.05, 4.69) is 0 Å². The molecule has 0 N–H and O–H groups in total. The highest BCUT2D eigenvalue weighted by molar-refractivity contribution is 6.09. The summed E-state index contributed by atoms with van der Waals surface area (Å²) < 4.78 is 0. The monoisotopic (exact) mass is 464 g/mol. The minimum Gasteiger partial charge on any atom is -0.272 e. The molecule has 2 aromatic carbocycles. The van der Waals surface area contributed by atoms with Crippen molar-refractivity contribution < 1.29 is 24.2 Å². The van der Waals surface area contributed by atoms with Crippen molar-refractivity contribution in [2.45, 2.75) is 25.8 Å². The Morgan fingerprint density at radius 2 is 1.50 bits per heavy atom. The van der Waals surface area contributed by atoms with Gasteiger partial charge >= 0.3 is 0 Å². The van der Waals surface area contributed by atoms with Gasteiger partial charge in [0.15, 0.2) is 0 Å². The summed E-state index contributed by atoms with van der Waals surface area (Å²) >= 11 is 0. The molecular formula is C23H20N4O7. The van der Waals surface area contributed by atoms with Crippen molar-refractivity contribution in [1.29, 1.82) is 0 Å². The SMILES string of the molecule is O=C(c1ccccc1[N+](=O)[O-])N(Cc1ccc([N+](=O)[O-])cc1)N1C(=O)[C@@H]2[C@H]3CC[C@@H](C3)[C@@H]2C1=O. The van der Waals surface area contributed by atoms with Crippen molar-refractivity contribution in [2.24, 2.45) is 23.7 Å². The van der Waals surface area contributed by atoms with Crippen LogP contribution in [0.1, 0.15) is 35.2 Å². The fraction of sp³-hybridized carbons (Fsp3) is 0.348. The summed E-state index contributed by atoms with van der Waals surface area (Å²) in [6, 6.07) is 10.7. The van der Waals surface area contributed by atoms with Gasteiger partial charge < -0.3 is 0 Å². The van der Waals surface area contributed by atoms with Gasteiger partial charge in [0.1, 0.15) is 5.56 Å². The van der Waals surface area contributed by atoms with Gasteiger partial charge in [-0.2, -0.15) is 5.01 Å². The van der Waals surface area contributed by atoms with Gasteiger partial charge in [0.2, 0.25) is 0 Å². The van der Waals surface area contributed by atoms with E-state index >= 15 is 0 Å². The number of carbonyl (C=O) groups excluding carboxylic acids is 3. The molecule has 0 unspecified atom stereocenters.